The Balaban J connectivity index is 0.00000176. The summed E-state index contributed by atoms with van der Waals surface area (Å²) >= 11 is 0. The van der Waals surface area contributed by atoms with E-state index in [4.69, 9.17) is 9.57 Å². The van der Waals surface area contributed by atoms with Gasteiger partial charge in [-0.1, -0.05) is 44.2 Å². The number of quaternary nitrogens is 1. The minimum atomic E-state index is -0.0146. The molecule has 2 aliphatic heterocycles. The van der Waals surface area contributed by atoms with Crippen LogP contribution in [-0.4, -0.2) is 30.1 Å². The number of nitrogens with zero attached hydrogens (tertiary/aromatic N) is 1. The molecule has 0 radical (unpaired) electrons. The van der Waals surface area contributed by atoms with Gasteiger partial charge < -0.3 is 21.7 Å². The van der Waals surface area contributed by atoms with Crippen molar-refractivity contribution in [1.29, 1.82) is 0 Å². The Hall–Kier alpha value is -0.420. The summed E-state index contributed by atoms with van der Waals surface area (Å²) in [4.78, 5) is 6.42. The van der Waals surface area contributed by atoms with Crippen molar-refractivity contribution >= 4 is 0 Å². The second-order valence-corrected chi connectivity index (χ2v) is 6.97. The van der Waals surface area contributed by atoms with Gasteiger partial charge >= 0.3 is 0 Å². The van der Waals surface area contributed by atoms with Crippen molar-refractivity contribution in [2.75, 3.05) is 13.2 Å². The topological polar surface area (TPSA) is 18.5 Å². The van der Waals surface area contributed by atoms with Crippen LogP contribution < -0.4 is 17.0 Å². The van der Waals surface area contributed by atoms with Crippen LogP contribution >= 0.6 is 0 Å². The van der Waals surface area contributed by atoms with Gasteiger partial charge in [-0.15, -0.1) is 0 Å². The number of ether oxygens (including phenoxy) is 1. The van der Waals surface area contributed by atoms with Gasteiger partial charge in [0.25, 0.3) is 0 Å². The lowest BCUT2D eigenvalue weighted by Gasteiger charge is -2.39. The maximum Gasteiger partial charge on any atom is 0.221 e. The van der Waals surface area contributed by atoms with E-state index in [0.717, 1.165) is 30.8 Å². The van der Waals surface area contributed by atoms with Crippen LogP contribution in [0, 0.1) is 5.92 Å². The van der Waals surface area contributed by atoms with E-state index in [1.165, 1.54) is 24.8 Å². The quantitative estimate of drug-likeness (QED) is 0.717. The van der Waals surface area contributed by atoms with Crippen LogP contribution in [0.25, 0.3) is 0 Å². The fourth-order valence-corrected chi connectivity index (χ4v) is 3.66. The summed E-state index contributed by atoms with van der Waals surface area (Å²) in [5, 5.41) is 0. The van der Waals surface area contributed by atoms with Crippen LogP contribution in [0.2, 0.25) is 0 Å². The van der Waals surface area contributed by atoms with Crippen LogP contribution in [0.15, 0.2) is 30.3 Å². The highest BCUT2D eigenvalue weighted by Gasteiger charge is 2.51. The number of benzene rings is 1. The SMILES string of the molecule is CC(C)CO[C@H]1C[C@@H]2CCCC[N+]2(Cc2ccccc2)O1.[Br-]. The predicted molar refractivity (Wildman–Crippen MR) is 83.2 cm³/mol. The first-order chi connectivity index (χ1) is 10.2. The molecular formula is C18H28BrNO2. The largest absolute Gasteiger partial charge is 1.00 e. The Morgan fingerprint density at radius 2 is 2.00 bits per heavy atom. The molecule has 3 rings (SSSR count). The Kier molecular flexibility index (Phi) is 6.45. The van der Waals surface area contributed by atoms with Crippen LogP contribution in [0.4, 0.5) is 0 Å². The van der Waals surface area contributed by atoms with Gasteiger partial charge in [-0.25, -0.2) is 0 Å². The standard InChI is InChI=1S/C18H28NO2.BrH/c1-15(2)14-20-18-12-17-10-6-7-11-19(17,21-18)13-16-8-4-3-5-9-16;/h3-5,8-9,15,17-18H,6-7,10-14H2,1-2H3;1H/q+1;/p-1/t17-,18+,19?;/m0./s1. The lowest BCUT2D eigenvalue weighted by molar-refractivity contribution is -1.13. The van der Waals surface area contributed by atoms with Gasteiger partial charge in [0.15, 0.2) is 0 Å². The van der Waals surface area contributed by atoms with Crippen molar-refractivity contribution in [3.05, 3.63) is 35.9 Å². The Morgan fingerprint density at radius 1 is 1.23 bits per heavy atom. The molecule has 2 fully saturated rings. The Morgan fingerprint density at radius 3 is 2.73 bits per heavy atom. The number of piperidine rings is 1. The second kappa shape index (κ2) is 7.91. The summed E-state index contributed by atoms with van der Waals surface area (Å²) in [6.45, 7) is 7.28. The molecule has 0 aromatic heterocycles. The molecule has 0 N–H and O–H groups in total. The summed E-state index contributed by atoms with van der Waals surface area (Å²) in [5.74, 6) is 0.564. The average molecular weight is 370 g/mol. The van der Waals surface area contributed by atoms with E-state index in [0.29, 0.717) is 12.0 Å². The van der Waals surface area contributed by atoms with Crippen molar-refractivity contribution in [3.63, 3.8) is 0 Å². The maximum atomic E-state index is 6.42. The third-order valence-corrected chi connectivity index (χ3v) is 4.69. The van der Waals surface area contributed by atoms with Gasteiger partial charge in [-0.05, 0) is 18.8 Å². The number of halogens is 1. The van der Waals surface area contributed by atoms with Crippen molar-refractivity contribution in [1.82, 2.24) is 0 Å². The van der Waals surface area contributed by atoms with Crippen LogP contribution in [0.1, 0.15) is 45.1 Å². The molecule has 22 heavy (non-hydrogen) atoms. The average Bonchev–Trinajstić information content (AvgIpc) is 2.84. The van der Waals surface area contributed by atoms with Gasteiger partial charge in [-0.2, -0.15) is 9.48 Å². The first kappa shape index (κ1) is 17.9. The number of hydroxylamine groups is 3. The smallest absolute Gasteiger partial charge is 0.221 e. The molecule has 0 bridgehead atoms. The highest BCUT2D eigenvalue weighted by molar-refractivity contribution is 5.13. The van der Waals surface area contributed by atoms with Crippen molar-refractivity contribution < 1.29 is 31.2 Å². The van der Waals surface area contributed by atoms with Crippen molar-refractivity contribution in [2.45, 2.75) is 58.4 Å². The molecule has 0 amide bonds. The normalized spacial score (nSPS) is 30.9. The summed E-state index contributed by atoms with van der Waals surface area (Å²) in [6.07, 6.45) is 4.91. The number of rotatable bonds is 5. The third kappa shape index (κ3) is 4.10. The minimum Gasteiger partial charge on any atom is -1.00 e. The van der Waals surface area contributed by atoms with Crippen LogP contribution in [0.5, 0.6) is 0 Å². The summed E-state index contributed by atoms with van der Waals surface area (Å²) < 4.78 is 6.77. The maximum absolute atomic E-state index is 6.42. The molecule has 0 aliphatic carbocycles. The summed E-state index contributed by atoms with van der Waals surface area (Å²) in [5.41, 5.74) is 1.37. The first-order valence-corrected chi connectivity index (χ1v) is 8.39. The molecular weight excluding hydrogens is 342 g/mol. The molecule has 1 unspecified atom stereocenters. The molecule has 3 atom stereocenters. The summed E-state index contributed by atoms with van der Waals surface area (Å²) in [7, 11) is 0. The van der Waals surface area contributed by atoms with E-state index in [1.807, 2.05) is 0 Å². The number of fused-ring (bicyclic) bond motifs is 1. The van der Waals surface area contributed by atoms with E-state index in [1.54, 1.807) is 0 Å². The molecule has 1 aromatic rings. The van der Waals surface area contributed by atoms with E-state index in [2.05, 4.69) is 44.2 Å². The molecule has 0 spiro atoms. The fourth-order valence-electron chi connectivity index (χ4n) is 3.66. The number of hydrogen-bond acceptors (Lipinski definition) is 2. The monoisotopic (exact) mass is 369 g/mol. The Labute approximate surface area is 144 Å². The minimum absolute atomic E-state index is 0. The number of hydrogen-bond donors (Lipinski definition) is 0. The lowest BCUT2D eigenvalue weighted by Crippen LogP contribution is -3.00. The van der Waals surface area contributed by atoms with E-state index in [-0.39, 0.29) is 23.3 Å². The van der Waals surface area contributed by atoms with Crippen LogP contribution in [-0.2, 0) is 16.1 Å². The lowest BCUT2D eigenvalue weighted by atomic mass is 9.98. The molecule has 2 aliphatic rings. The molecule has 4 heteroatoms. The highest BCUT2D eigenvalue weighted by Crippen LogP contribution is 2.39. The first-order valence-electron chi connectivity index (χ1n) is 8.39. The Bertz CT molecular complexity index is 454. The van der Waals surface area contributed by atoms with E-state index < -0.39 is 0 Å². The molecule has 124 valence electrons. The zero-order valence-electron chi connectivity index (χ0n) is 13.7. The molecule has 2 saturated heterocycles. The molecule has 1 aromatic carbocycles. The van der Waals surface area contributed by atoms with Crippen molar-refractivity contribution in [2.24, 2.45) is 5.92 Å². The molecule has 0 saturated carbocycles. The fraction of sp³-hybridized carbons (Fsp3) is 0.667. The predicted octanol–water partition coefficient (Wildman–Crippen LogP) is 0.894. The van der Waals surface area contributed by atoms with Crippen LogP contribution in [0.3, 0.4) is 0 Å². The zero-order valence-corrected chi connectivity index (χ0v) is 15.3. The third-order valence-electron chi connectivity index (χ3n) is 4.69. The van der Waals surface area contributed by atoms with Gasteiger partial charge in [0.2, 0.25) is 6.29 Å². The second-order valence-electron chi connectivity index (χ2n) is 6.97. The van der Waals surface area contributed by atoms with E-state index >= 15 is 0 Å². The van der Waals surface area contributed by atoms with Gasteiger partial charge in [-0.3, -0.25) is 0 Å². The van der Waals surface area contributed by atoms with Crippen molar-refractivity contribution in [3.8, 4) is 0 Å². The summed E-state index contributed by atoms with van der Waals surface area (Å²) in [6, 6.07) is 11.4. The van der Waals surface area contributed by atoms with E-state index in [9.17, 15) is 0 Å². The highest BCUT2D eigenvalue weighted by atomic mass is 79.9. The van der Waals surface area contributed by atoms with Gasteiger partial charge in [0.05, 0.1) is 13.0 Å². The molecule has 2 heterocycles. The molecule has 3 nitrogen and oxygen atoms in total. The zero-order chi connectivity index (χ0) is 14.7. The van der Waals surface area contributed by atoms with Gasteiger partial charge in [0, 0.05) is 12.0 Å². The van der Waals surface area contributed by atoms with Gasteiger partial charge in [0.1, 0.15) is 19.1 Å².